The van der Waals surface area contributed by atoms with Crippen molar-refractivity contribution in [2.24, 2.45) is 5.92 Å². The highest BCUT2D eigenvalue weighted by molar-refractivity contribution is 6.01. The number of carbonyl (C=O) groups is 4. The Morgan fingerprint density at radius 1 is 1.16 bits per heavy atom. The second-order valence-electron chi connectivity index (χ2n) is 7.63. The van der Waals surface area contributed by atoms with Gasteiger partial charge < -0.3 is 15.0 Å². The molecular formula is C24H26N2O5. The molecule has 0 aromatic heterocycles. The summed E-state index contributed by atoms with van der Waals surface area (Å²) in [5.41, 5.74) is 2.82. The second kappa shape index (κ2) is 9.55. The summed E-state index contributed by atoms with van der Waals surface area (Å²) < 4.78 is 5.32. The molecule has 1 heterocycles. The zero-order chi connectivity index (χ0) is 22.5. The fraction of sp³-hybridized carbons (Fsp3) is 0.333. The van der Waals surface area contributed by atoms with Crippen LogP contribution in [0.25, 0.3) is 0 Å². The van der Waals surface area contributed by atoms with Crippen LogP contribution in [0.1, 0.15) is 43.1 Å². The number of nitrogens with zero attached hydrogens (tertiary/aromatic N) is 1. The average molecular weight is 422 g/mol. The number of carbonyl (C=O) groups excluding carboxylic acids is 4. The van der Waals surface area contributed by atoms with Crippen LogP contribution in [0.3, 0.4) is 0 Å². The van der Waals surface area contributed by atoms with E-state index in [0.29, 0.717) is 11.3 Å². The fourth-order valence-electron chi connectivity index (χ4n) is 3.41. The van der Waals surface area contributed by atoms with Crippen molar-refractivity contribution in [2.45, 2.75) is 39.7 Å². The van der Waals surface area contributed by atoms with Crippen LogP contribution in [-0.4, -0.2) is 36.2 Å². The smallest absolute Gasteiger partial charge is 0.312 e. The van der Waals surface area contributed by atoms with E-state index in [1.165, 1.54) is 19.4 Å². The van der Waals surface area contributed by atoms with Crippen molar-refractivity contribution >= 4 is 34.9 Å². The first-order valence-electron chi connectivity index (χ1n) is 10.3. The first-order chi connectivity index (χ1) is 14.8. The quantitative estimate of drug-likeness (QED) is 0.545. The van der Waals surface area contributed by atoms with Crippen LogP contribution in [0, 0.1) is 5.92 Å². The monoisotopic (exact) mass is 422 g/mol. The van der Waals surface area contributed by atoms with E-state index in [4.69, 9.17) is 4.74 Å². The van der Waals surface area contributed by atoms with Gasteiger partial charge in [-0.1, -0.05) is 31.2 Å². The summed E-state index contributed by atoms with van der Waals surface area (Å²) in [5, 5.41) is 2.64. The summed E-state index contributed by atoms with van der Waals surface area (Å²) in [6.45, 7) is 5.19. The number of rotatable bonds is 7. The third kappa shape index (κ3) is 5.36. The number of benzene rings is 2. The summed E-state index contributed by atoms with van der Waals surface area (Å²) in [6.07, 6.45) is -0.0904. The molecule has 31 heavy (non-hydrogen) atoms. The molecule has 2 aromatic carbocycles. The lowest BCUT2D eigenvalue weighted by Gasteiger charge is -2.18. The zero-order valence-electron chi connectivity index (χ0n) is 17.9. The van der Waals surface area contributed by atoms with E-state index >= 15 is 0 Å². The van der Waals surface area contributed by atoms with Gasteiger partial charge in [-0.05, 0) is 50.1 Å². The van der Waals surface area contributed by atoms with E-state index in [-0.39, 0.29) is 24.7 Å². The van der Waals surface area contributed by atoms with Crippen molar-refractivity contribution < 1.29 is 23.9 Å². The molecule has 0 saturated carbocycles. The third-order valence-corrected chi connectivity index (χ3v) is 5.31. The molecule has 2 amide bonds. The molecule has 162 valence electrons. The normalized spacial score (nSPS) is 16.7. The molecular weight excluding hydrogens is 396 g/mol. The molecule has 2 aromatic rings. The van der Waals surface area contributed by atoms with E-state index in [2.05, 4.69) is 12.2 Å². The Morgan fingerprint density at radius 2 is 1.87 bits per heavy atom. The highest BCUT2D eigenvalue weighted by atomic mass is 16.5. The number of esters is 1. The van der Waals surface area contributed by atoms with Gasteiger partial charge in [-0.15, -0.1) is 0 Å². The molecule has 1 fully saturated rings. The SMILES string of the molecule is CCc1ccc(N2C[C@H](C(=O)O[C@H](C)C(=O)Nc3cccc(C(C)=O)c3)CC2=O)cc1. The van der Waals surface area contributed by atoms with Crippen molar-refractivity contribution in [1.82, 2.24) is 0 Å². The van der Waals surface area contributed by atoms with Crippen LogP contribution in [0.5, 0.6) is 0 Å². The summed E-state index contributed by atoms with van der Waals surface area (Å²) in [7, 11) is 0. The lowest BCUT2D eigenvalue weighted by atomic mass is 10.1. The van der Waals surface area contributed by atoms with Gasteiger partial charge in [-0.25, -0.2) is 0 Å². The van der Waals surface area contributed by atoms with Gasteiger partial charge in [0.05, 0.1) is 5.92 Å². The van der Waals surface area contributed by atoms with Crippen molar-refractivity contribution in [3.63, 3.8) is 0 Å². The van der Waals surface area contributed by atoms with Gasteiger partial charge in [0.1, 0.15) is 0 Å². The minimum absolute atomic E-state index is 0.0450. The van der Waals surface area contributed by atoms with E-state index in [9.17, 15) is 19.2 Å². The van der Waals surface area contributed by atoms with E-state index in [1.54, 1.807) is 29.2 Å². The van der Waals surface area contributed by atoms with Gasteiger partial charge >= 0.3 is 5.97 Å². The molecule has 3 rings (SSSR count). The maximum Gasteiger partial charge on any atom is 0.312 e. The lowest BCUT2D eigenvalue weighted by Crippen LogP contribution is -2.33. The van der Waals surface area contributed by atoms with E-state index in [1.807, 2.05) is 24.3 Å². The summed E-state index contributed by atoms with van der Waals surface area (Å²) >= 11 is 0. The maximum absolute atomic E-state index is 12.6. The van der Waals surface area contributed by atoms with E-state index < -0.39 is 23.9 Å². The van der Waals surface area contributed by atoms with Crippen LogP contribution >= 0.6 is 0 Å². The summed E-state index contributed by atoms with van der Waals surface area (Å²) in [4.78, 5) is 50.4. The molecule has 0 aliphatic carbocycles. The molecule has 1 saturated heterocycles. The molecule has 0 unspecified atom stereocenters. The van der Waals surface area contributed by atoms with Crippen molar-refractivity contribution in [3.05, 3.63) is 59.7 Å². The van der Waals surface area contributed by atoms with Crippen molar-refractivity contribution in [2.75, 3.05) is 16.8 Å². The number of nitrogens with one attached hydrogen (secondary N) is 1. The minimum Gasteiger partial charge on any atom is -0.452 e. The van der Waals surface area contributed by atoms with Gasteiger partial charge in [0, 0.05) is 29.9 Å². The Morgan fingerprint density at radius 3 is 2.52 bits per heavy atom. The molecule has 1 N–H and O–H groups in total. The minimum atomic E-state index is -1.04. The largest absolute Gasteiger partial charge is 0.452 e. The molecule has 0 bridgehead atoms. The first-order valence-corrected chi connectivity index (χ1v) is 10.3. The second-order valence-corrected chi connectivity index (χ2v) is 7.63. The average Bonchev–Trinajstić information content (AvgIpc) is 3.15. The van der Waals surface area contributed by atoms with Crippen LogP contribution in [-0.2, 0) is 25.5 Å². The Bertz CT molecular complexity index is 999. The molecule has 7 heteroatoms. The summed E-state index contributed by atoms with van der Waals surface area (Å²) in [5.74, 6) is -1.99. The Hall–Kier alpha value is -3.48. The van der Waals surface area contributed by atoms with Crippen LogP contribution in [0.15, 0.2) is 48.5 Å². The summed E-state index contributed by atoms with van der Waals surface area (Å²) in [6, 6.07) is 14.2. The molecule has 7 nitrogen and oxygen atoms in total. The fourth-order valence-corrected chi connectivity index (χ4v) is 3.41. The van der Waals surface area contributed by atoms with Crippen molar-refractivity contribution in [1.29, 1.82) is 0 Å². The maximum atomic E-state index is 12.6. The van der Waals surface area contributed by atoms with Crippen LogP contribution in [0.2, 0.25) is 0 Å². The number of anilines is 2. The third-order valence-electron chi connectivity index (χ3n) is 5.31. The van der Waals surface area contributed by atoms with Gasteiger partial charge in [0.25, 0.3) is 5.91 Å². The standard InChI is InChI=1S/C24H26N2O5/c1-4-17-8-10-21(11-9-17)26-14-19(13-22(26)28)24(30)31-16(3)23(29)25-20-7-5-6-18(12-20)15(2)27/h5-12,16,19H,4,13-14H2,1-3H3,(H,25,29)/t16-,19-/m1/s1. The Kier molecular flexibility index (Phi) is 6.84. The van der Waals surface area contributed by atoms with Gasteiger partial charge in [-0.3, -0.25) is 19.2 Å². The van der Waals surface area contributed by atoms with Crippen LogP contribution < -0.4 is 10.2 Å². The highest BCUT2D eigenvalue weighted by Crippen LogP contribution is 2.26. The highest BCUT2D eigenvalue weighted by Gasteiger charge is 2.37. The number of amides is 2. The number of aryl methyl sites for hydroxylation is 1. The topological polar surface area (TPSA) is 92.8 Å². The number of hydrogen-bond acceptors (Lipinski definition) is 5. The molecule has 2 atom stereocenters. The first kappa shape index (κ1) is 22.2. The predicted molar refractivity (Wildman–Crippen MR) is 117 cm³/mol. The molecule has 0 spiro atoms. The van der Waals surface area contributed by atoms with Gasteiger partial charge in [0.15, 0.2) is 11.9 Å². The lowest BCUT2D eigenvalue weighted by molar-refractivity contribution is -0.157. The zero-order valence-corrected chi connectivity index (χ0v) is 17.9. The Balaban J connectivity index is 1.57. The van der Waals surface area contributed by atoms with Gasteiger partial charge in [-0.2, -0.15) is 0 Å². The number of hydrogen-bond donors (Lipinski definition) is 1. The number of ketones is 1. The molecule has 1 aliphatic rings. The predicted octanol–water partition coefficient (Wildman–Crippen LogP) is 3.37. The van der Waals surface area contributed by atoms with Crippen LogP contribution in [0.4, 0.5) is 11.4 Å². The number of Topliss-reactive ketones (excluding diaryl/α,β-unsaturated/α-hetero) is 1. The van der Waals surface area contributed by atoms with E-state index in [0.717, 1.165) is 12.1 Å². The van der Waals surface area contributed by atoms with Gasteiger partial charge in [0.2, 0.25) is 5.91 Å². The number of ether oxygens (including phenoxy) is 1. The van der Waals surface area contributed by atoms with Crippen molar-refractivity contribution in [3.8, 4) is 0 Å². The molecule has 1 aliphatic heterocycles. The molecule has 0 radical (unpaired) electrons. The Labute approximate surface area is 181 Å².